The topological polar surface area (TPSA) is 62.4 Å². The van der Waals surface area contributed by atoms with Crippen molar-refractivity contribution in [1.82, 2.24) is 9.88 Å². The van der Waals surface area contributed by atoms with E-state index in [9.17, 15) is 9.59 Å². The molecule has 1 fully saturated rings. The molecule has 2 aromatic rings. The zero-order valence-corrected chi connectivity index (χ0v) is 14.5. The Morgan fingerprint density at radius 3 is 2.67 bits per heavy atom. The van der Waals surface area contributed by atoms with E-state index in [4.69, 9.17) is 4.74 Å². The first-order valence-electron chi connectivity index (χ1n) is 8.47. The minimum atomic E-state index is -0.566. The van der Waals surface area contributed by atoms with Crippen LogP contribution in [0.25, 0.3) is 10.9 Å². The van der Waals surface area contributed by atoms with Crippen LogP contribution in [0.2, 0.25) is 0 Å². The van der Waals surface area contributed by atoms with Gasteiger partial charge in [-0.2, -0.15) is 0 Å². The van der Waals surface area contributed by atoms with Gasteiger partial charge in [0.25, 0.3) is 0 Å². The number of ketones is 1. The Morgan fingerprint density at radius 2 is 1.96 bits per heavy atom. The standard InChI is InChI=1S/C19H24N2O3/c1-19(2,3)24-18(23)21-11-7-6-10-16(21)17(22)15-12-13-8-4-5-9-14(13)20-15/h4-5,8-9,12,16,20H,6-7,10-11H2,1-3H3/t16-/m0/s1. The summed E-state index contributed by atoms with van der Waals surface area (Å²) in [6.45, 7) is 6.07. The normalized spacial score (nSPS) is 18.6. The van der Waals surface area contributed by atoms with Crippen molar-refractivity contribution in [3.8, 4) is 0 Å². The molecule has 0 radical (unpaired) electrons. The van der Waals surface area contributed by atoms with Gasteiger partial charge in [-0.1, -0.05) is 18.2 Å². The number of aromatic nitrogens is 1. The van der Waals surface area contributed by atoms with Gasteiger partial charge < -0.3 is 9.72 Å². The summed E-state index contributed by atoms with van der Waals surface area (Å²) >= 11 is 0. The zero-order valence-electron chi connectivity index (χ0n) is 14.5. The van der Waals surface area contributed by atoms with Gasteiger partial charge in [-0.05, 0) is 52.2 Å². The largest absolute Gasteiger partial charge is 0.444 e. The number of nitrogens with one attached hydrogen (secondary N) is 1. The summed E-state index contributed by atoms with van der Waals surface area (Å²) in [7, 11) is 0. The third kappa shape index (κ3) is 3.45. The maximum atomic E-state index is 13.0. The molecule has 1 aromatic carbocycles. The molecule has 1 saturated heterocycles. The van der Waals surface area contributed by atoms with Crippen LogP contribution in [0.3, 0.4) is 0 Å². The van der Waals surface area contributed by atoms with Gasteiger partial charge in [0.2, 0.25) is 5.78 Å². The third-order valence-electron chi connectivity index (χ3n) is 4.23. The molecule has 1 amide bonds. The fourth-order valence-corrected chi connectivity index (χ4v) is 3.13. The predicted octanol–water partition coefficient (Wildman–Crippen LogP) is 4.14. The third-order valence-corrected chi connectivity index (χ3v) is 4.23. The molecule has 1 N–H and O–H groups in total. The van der Waals surface area contributed by atoms with E-state index < -0.39 is 17.7 Å². The molecule has 0 spiro atoms. The van der Waals surface area contributed by atoms with E-state index in [0.29, 0.717) is 18.7 Å². The van der Waals surface area contributed by atoms with Crippen molar-refractivity contribution in [2.24, 2.45) is 0 Å². The summed E-state index contributed by atoms with van der Waals surface area (Å²) in [6.07, 6.45) is 2.11. The van der Waals surface area contributed by atoms with Crippen molar-refractivity contribution >= 4 is 22.8 Å². The number of piperidine rings is 1. The lowest BCUT2D eigenvalue weighted by Crippen LogP contribution is -2.49. The van der Waals surface area contributed by atoms with E-state index in [1.165, 1.54) is 0 Å². The summed E-state index contributed by atoms with van der Waals surface area (Å²) in [4.78, 5) is 30.2. The van der Waals surface area contributed by atoms with Crippen LogP contribution in [0, 0.1) is 0 Å². The lowest BCUT2D eigenvalue weighted by Gasteiger charge is -2.35. The predicted molar refractivity (Wildman–Crippen MR) is 93.2 cm³/mol. The highest BCUT2D eigenvalue weighted by Gasteiger charge is 2.35. The van der Waals surface area contributed by atoms with Crippen molar-refractivity contribution in [3.05, 3.63) is 36.0 Å². The Balaban J connectivity index is 1.84. The lowest BCUT2D eigenvalue weighted by atomic mass is 9.97. The van der Waals surface area contributed by atoms with Gasteiger partial charge in [-0.15, -0.1) is 0 Å². The Bertz CT molecular complexity index is 724. The molecular formula is C19H24N2O3. The first kappa shape index (κ1) is 16.6. The summed E-state index contributed by atoms with van der Waals surface area (Å²) < 4.78 is 5.48. The molecule has 1 aliphatic heterocycles. The number of aromatic amines is 1. The number of Topliss-reactive ketones (excluding diaryl/α,β-unsaturated/α-hetero) is 1. The molecular weight excluding hydrogens is 304 g/mol. The Labute approximate surface area is 142 Å². The fourth-order valence-electron chi connectivity index (χ4n) is 3.13. The average Bonchev–Trinajstić information content (AvgIpc) is 2.96. The lowest BCUT2D eigenvalue weighted by molar-refractivity contribution is 0.0104. The molecule has 0 bridgehead atoms. The second kappa shape index (κ2) is 6.30. The smallest absolute Gasteiger partial charge is 0.410 e. The number of hydrogen-bond donors (Lipinski definition) is 1. The van der Waals surface area contributed by atoms with E-state index in [1.807, 2.05) is 51.1 Å². The zero-order chi connectivity index (χ0) is 17.3. The highest BCUT2D eigenvalue weighted by Crippen LogP contribution is 2.24. The number of H-pyrrole nitrogens is 1. The Morgan fingerprint density at radius 1 is 1.21 bits per heavy atom. The molecule has 0 saturated carbocycles. The van der Waals surface area contributed by atoms with Gasteiger partial charge in [0.05, 0.1) is 11.7 Å². The Hall–Kier alpha value is -2.30. The number of amides is 1. The number of carbonyl (C=O) groups is 2. The monoisotopic (exact) mass is 328 g/mol. The number of hydrogen-bond acceptors (Lipinski definition) is 3. The van der Waals surface area contributed by atoms with Crippen LogP contribution in [0.4, 0.5) is 4.79 Å². The molecule has 5 nitrogen and oxygen atoms in total. The molecule has 5 heteroatoms. The number of likely N-dealkylation sites (tertiary alicyclic amines) is 1. The second-order valence-electron chi connectivity index (χ2n) is 7.32. The number of ether oxygens (including phenoxy) is 1. The number of carbonyl (C=O) groups excluding carboxylic acids is 2. The summed E-state index contributed by atoms with van der Waals surface area (Å²) in [6, 6.07) is 9.19. The molecule has 1 aromatic heterocycles. The van der Waals surface area contributed by atoms with E-state index in [-0.39, 0.29) is 5.78 Å². The van der Waals surface area contributed by atoms with Gasteiger partial charge in [0, 0.05) is 17.4 Å². The molecule has 1 aliphatic rings. The fraction of sp³-hybridized carbons (Fsp3) is 0.474. The van der Waals surface area contributed by atoms with Crippen molar-refractivity contribution < 1.29 is 14.3 Å². The van der Waals surface area contributed by atoms with Crippen LogP contribution in [0.1, 0.15) is 50.5 Å². The van der Waals surface area contributed by atoms with E-state index in [0.717, 1.165) is 23.7 Å². The maximum Gasteiger partial charge on any atom is 0.410 e. The van der Waals surface area contributed by atoms with Crippen LogP contribution in [-0.4, -0.2) is 39.9 Å². The van der Waals surface area contributed by atoms with Crippen LogP contribution in [-0.2, 0) is 4.74 Å². The first-order valence-corrected chi connectivity index (χ1v) is 8.47. The van der Waals surface area contributed by atoms with Gasteiger partial charge in [-0.25, -0.2) is 4.79 Å². The molecule has 3 rings (SSSR count). The molecule has 2 heterocycles. The quantitative estimate of drug-likeness (QED) is 0.843. The van der Waals surface area contributed by atoms with Gasteiger partial charge >= 0.3 is 6.09 Å². The minimum Gasteiger partial charge on any atom is -0.444 e. The molecule has 0 unspecified atom stereocenters. The van der Waals surface area contributed by atoms with Gasteiger partial charge in [0.15, 0.2) is 0 Å². The number of nitrogens with zero attached hydrogens (tertiary/aromatic N) is 1. The summed E-state index contributed by atoms with van der Waals surface area (Å²) in [5, 5.41) is 1.00. The number of rotatable bonds is 2. The molecule has 24 heavy (non-hydrogen) atoms. The van der Waals surface area contributed by atoms with Crippen LogP contribution in [0.5, 0.6) is 0 Å². The van der Waals surface area contributed by atoms with Crippen molar-refractivity contribution in [2.45, 2.75) is 51.7 Å². The minimum absolute atomic E-state index is 0.0447. The second-order valence-corrected chi connectivity index (χ2v) is 7.32. The number of benzene rings is 1. The number of para-hydroxylation sites is 1. The highest BCUT2D eigenvalue weighted by atomic mass is 16.6. The maximum absolute atomic E-state index is 13.0. The Kier molecular flexibility index (Phi) is 4.35. The van der Waals surface area contributed by atoms with Crippen LogP contribution < -0.4 is 0 Å². The first-order chi connectivity index (χ1) is 11.3. The van der Waals surface area contributed by atoms with Gasteiger partial charge in [0.1, 0.15) is 5.60 Å². The van der Waals surface area contributed by atoms with Crippen LogP contribution >= 0.6 is 0 Å². The molecule has 128 valence electrons. The van der Waals surface area contributed by atoms with Crippen molar-refractivity contribution in [2.75, 3.05) is 6.54 Å². The van der Waals surface area contributed by atoms with E-state index >= 15 is 0 Å². The molecule has 1 atom stereocenters. The van der Waals surface area contributed by atoms with Gasteiger partial charge in [-0.3, -0.25) is 9.69 Å². The van der Waals surface area contributed by atoms with E-state index in [1.54, 1.807) is 4.90 Å². The van der Waals surface area contributed by atoms with Crippen molar-refractivity contribution in [3.63, 3.8) is 0 Å². The average molecular weight is 328 g/mol. The van der Waals surface area contributed by atoms with Crippen molar-refractivity contribution in [1.29, 1.82) is 0 Å². The summed E-state index contributed by atoms with van der Waals surface area (Å²) in [5.41, 5.74) is 0.917. The number of fused-ring (bicyclic) bond motifs is 1. The van der Waals surface area contributed by atoms with Crippen LogP contribution in [0.15, 0.2) is 30.3 Å². The highest BCUT2D eigenvalue weighted by molar-refractivity contribution is 6.03. The summed E-state index contributed by atoms with van der Waals surface area (Å²) in [5.74, 6) is -0.0447. The molecule has 0 aliphatic carbocycles. The SMILES string of the molecule is CC(C)(C)OC(=O)N1CCCC[C@H]1C(=O)c1cc2ccccc2[nH]1. The van der Waals surface area contributed by atoms with E-state index in [2.05, 4.69) is 4.98 Å².